The van der Waals surface area contributed by atoms with Crippen LogP contribution >= 0.6 is 0 Å². The maximum absolute atomic E-state index is 14.3. The number of rotatable bonds is 11. The van der Waals surface area contributed by atoms with Crippen molar-refractivity contribution in [2.24, 2.45) is 28.1 Å². The predicted molar refractivity (Wildman–Crippen MR) is 213 cm³/mol. The van der Waals surface area contributed by atoms with Crippen LogP contribution in [0.3, 0.4) is 0 Å². The number of fused-ring (bicyclic) bond motifs is 3. The largest absolute Gasteiger partial charge is 0.432 e. The smallest absolute Gasteiger partial charge is 0.314 e. The fraction of sp³-hybridized carbons (Fsp3) is 0.930. The highest BCUT2D eigenvalue weighted by molar-refractivity contribution is 5.77. The average molecular weight is 937 g/mol. The van der Waals surface area contributed by atoms with E-state index in [-0.39, 0.29) is 17.3 Å². The fourth-order valence-electron chi connectivity index (χ4n) is 13.2. The molecule has 22 heteroatoms. The Morgan fingerprint density at radius 1 is 0.631 bits per heavy atom. The van der Waals surface area contributed by atoms with Crippen molar-refractivity contribution in [3.8, 4) is 0 Å². The van der Waals surface area contributed by atoms with Crippen LogP contribution in [-0.4, -0.2) is 221 Å². The number of esters is 1. The molecule has 4 saturated carbocycles. The molecule has 0 radical (unpaired) electrons. The molecule has 4 heterocycles. The summed E-state index contributed by atoms with van der Waals surface area (Å²) in [6, 6.07) is 0. The Hall–Kier alpha value is -1.59. The number of carbonyl (C=O) groups excluding carboxylic acids is 1. The third kappa shape index (κ3) is 8.32. The molecule has 25 atom stereocenters. The second-order valence-corrected chi connectivity index (χ2v) is 20.4. The van der Waals surface area contributed by atoms with E-state index in [1.54, 1.807) is 0 Å². The van der Waals surface area contributed by atoms with Crippen molar-refractivity contribution in [2.75, 3.05) is 26.4 Å². The molecular weight excluding hydrogens is 868 g/mol. The van der Waals surface area contributed by atoms with Gasteiger partial charge in [0.2, 0.25) is 6.29 Å². The second kappa shape index (κ2) is 18.6. The van der Waals surface area contributed by atoms with Gasteiger partial charge in [0, 0.05) is 0 Å². The van der Waals surface area contributed by atoms with E-state index in [2.05, 4.69) is 13.5 Å². The number of aliphatic hydroxyl groups is 13. The van der Waals surface area contributed by atoms with Crippen LogP contribution in [0.2, 0.25) is 0 Å². The van der Waals surface area contributed by atoms with Crippen LogP contribution in [0.15, 0.2) is 12.2 Å². The SMILES string of the molecule is C=C1C[C@@]23CCC4[C@](C)(C(=O)OC5OC(CO)C(O)C(O)C5O)CCC[C@@]4(C)[C@@H]2CCC1(OC1OC(CO)C(O)C(OC2OC(CO)C(O)C(O)C2O)C1OC1OCC(O)C(O)C1O)C3. The van der Waals surface area contributed by atoms with Gasteiger partial charge in [-0.1, -0.05) is 19.9 Å². The van der Waals surface area contributed by atoms with E-state index in [9.17, 15) is 71.2 Å². The van der Waals surface area contributed by atoms with Gasteiger partial charge in [0.25, 0.3) is 0 Å². The minimum absolute atomic E-state index is 0.0525. The van der Waals surface area contributed by atoms with Crippen molar-refractivity contribution >= 4 is 5.97 Å². The molecule has 4 aliphatic carbocycles. The Bertz CT molecular complexity index is 1710. The topological polar surface area (TPSA) is 354 Å². The normalized spacial score (nSPS) is 54.7. The molecule has 65 heavy (non-hydrogen) atoms. The molecule has 0 aromatic carbocycles. The van der Waals surface area contributed by atoms with Crippen molar-refractivity contribution in [2.45, 2.75) is 194 Å². The van der Waals surface area contributed by atoms with Crippen molar-refractivity contribution in [1.29, 1.82) is 0 Å². The summed E-state index contributed by atoms with van der Waals surface area (Å²) in [6.45, 7) is 5.86. The van der Waals surface area contributed by atoms with E-state index in [0.29, 0.717) is 51.4 Å². The van der Waals surface area contributed by atoms with E-state index in [1.165, 1.54) is 0 Å². The lowest BCUT2D eigenvalue weighted by Gasteiger charge is -2.64. The Balaban J connectivity index is 1.05. The van der Waals surface area contributed by atoms with Crippen LogP contribution in [0.4, 0.5) is 0 Å². The first-order valence-electron chi connectivity index (χ1n) is 22.8. The maximum atomic E-state index is 14.3. The van der Waals surface area contributed by atoms with E-state index in [1.807, 2.05) is 6.92 Å². The number of ether oxygens (including phenoxy) is 8. The first-order valence-corrected chi connectivity index (χ1v) is 22.8. The third-order valence-corrected chi connectivity index (χ3v) is 16.7. The summed E-state index contributed by atoms with van der Waals surface area (Å²) in [5.74, 6) is -0.744. The Morgan fingerprint density at radius 3 is 1.83 bits per heavy atom. The number of carbonyl (C=O) groups is 1. The van der Waals surface area contributed by atoms with Gasteiger partial charge >= 0.3 is 5.97 Å². The lowest BCUT2D eigenvalue weighted by molar-refractivity contribution is -0.395. The lowest BCUT2D eigenvalue weighted by atomic mass is 9.41. The zero-order chi connectivity index (χ0) is 47.1. The zero-order valence-electron chi connectivity index (χ0n) is 36.5. The van der Waals surface area contributed by atoms with Gasteiger partial charge in [0.1, 0.15) is 91.6 Å². The standard InChI is InChI=1S/C43H68O22/c1-17-11-42-9-5-22-40(2,7-4-8-41(22,3)39(57)64-37-32(56)29(53)26(50)20(13-45)60-37)23(42)6-10-43(17,16-42)65-38-34(63-35-30(54)24(48)18(47)15-58-35)33(27(51)21(14-46)61-38)62-36-31(55)28(52)25(49)19(12-44)59-36/h18-38,44-56H,1,4-16H2,2-3H3/t18?,19?,20?,21?,22?,23-,24?,25?,26?,27?,28?,29?,30?,31?,32?,33?,34?,35?,36?,37?,38?,40+,41+,42+,43?/m0/s1. The molecule has 22 nitrogen and oxygen atoms in total. The van der Waals surface area contributed by atoms with Gasteiger partial charge in [-0.3, -0.25) is 4.79 Å². The van der Waals surface area contributed by atoms with Crippen LogP contribution in [0.25, 0.3) is 0 Å². The van der Waals surface area contributed by atoms with Crippen LogP contribution in [0, 0.1) is 28.1 Å². The molecule has 8 rings (SSSR count). The van der Waals surface area contributed by atoms with Gasteiger partial charge in [-0.05, 0) is 86.5 Å². The van der Waals surface area contributed by atoms with Gasteiger partial charge < -0.3 is 104 Å². The van der Waals surface area contributed by atoms with Crippen molar-refractivity contribution in [1.82, 2.24) is 0 Å². The first kappa shape index (κ1) is 49.8. The van der Waals surface area contributed by atoms with E-state index in [0.717, 1.165) is 12.0 Å². The van der Waals surface area contributed by atoms with E-state index >= 15 is 0 Å². The quantitative estimate of drug-likeness (QED) is 0.0528. The summed E-state index contributed by atoms with van der Waals surface area (Å²) in [7, 11) is 0. The molecule has 4 saturated heterocycles. The molecule has 8 fully saturated rings. The van der Waals surface area contributed by atoms with Crippen LogP contribution < -0.4 is 0 Å². The van der Waals surface area contributed by atoms with Gasteiger partial charge in [0.05, 0.1) is 37.4 Å². The van der Waals surface area contributed by atoms with Crippen LogP contribution in [0.5, 0.6) is 0 Å². The highest BCUT2D eigenvalue weighted by Crippen LogP contribution is 2.73. The van der Waals surface area contributed by atoms with Gasteiger partial charge in [0.15, 0.2) is 18.9 Å². The van der Waals surface area contributed by atoms with Gasteiger partial charge in [-0.25, -0.2) is 0 Å². The van der Waals surface area contributed by atoms with Crippen molar-refractivity contribution in [3.63, 3.8) is 0 Å². The summed E-state index contributed by atoms with van der Waals surface area (Å²) in [6.07, 6.45) is -26.1. The minimum atomic E-state index is -1.92. The summed E-state index contributed by atoms with van der Waals surface area (Å²) in [5.41, 5.74) is -2.17. The van der Waals surface area contributed by atoms with Gasteiger partial charge in [-0.15, -0.1) is 0 Å². The summed E-state index contributed by atoms with van der Waals surface area (Å²) in [5, 5.41) is 137. The van der Waals surface area contributed by atoms with E-state index in [4.69, 9.17) is 37.9 Å². The molecule has 0 aromatic heterocycles. The lowest BCUT2D eigenvalue weighted by Crippen LogP contribution is -2.67. The Kier molecular flexibility index (Phi) is 14.3. The number of hydrogen-bond donors (Lipinski definition) is 13. The van der Waals surface area contributed by atoms with Crippen molar-refractivity contribution in [3.05, 3.63) is 12.2 Å². The summed E-state index contributed by atoms with van der Waals surface area (Å²) < 4.78 is 48.1. The highest BCUT2D eigenvalue weighted by atomic mass is 16.8. The molecule has 8 aliphatic rings. The fourth-order valence-corrected chi connectivity index (χ4v) is 13.2. The van der Waals surface area contributed by atoms with E-state index < -0.39 is 166 Å². The zero-order valence-corrected chi connectivity index (χ0v) is 36.5. The molecule has 4 aliphatic heterocycles. The minimum Gasteiger partial charge on any atom is -0.432 e. The Morgan fingerprint density at radius 2 is 1.18 bits per heavy atom. The molecule has 2 bridgehead atoms. The Labute approximate surface area is 375 Å². The molecule has 0 amide bonds. The molecular formula is C43H68O22. The molecule has 21 unspecified atom stereocenters. The number of aliphatic hydroxyl groups excluding tert-OH is 13. The summed E-state index contributed by atoms with van der Waals surface area (Å²) >= 11 is 0. The number of hydrogen-bond acceptors (Lipinski definition) is 22. The molecule has 0 aromatic rings. The second-order valence-electron chi connectivity index (χ2n) is 20.4. The third-order valence-electron chi connectivity index (χ3n) is 16.7. The first-order chi connectivity index (χ1) is 30.7. The monoisotopic (exact) mass is 936 g/mol. The maximum Gasteiger partial charge on any atom is 0.314 e. The van der Waals surface area contributed by atoms with Gasteiger partial charge in [-0.2, -0.15) is 0 Å². The molecule has 13 N–H and O–H groups in total. The summed E-state index contributed by atoms with van der Waals surface area (Å²) in [4.78, 5) is 14.3. The predicted octanol–water partition coefficient (Wildman–Crippen LogP) is -4.47. The van der Waals surface area contributed by atoms with Crippen molar-refractivity contribution < 1.29 is 109 Å². The molecule has 372 valence electrons. The average Bonchev–Trinajstić information content (AvgIpc) is 3.48. The van der Waals surface area contributed by atoms with Crippen LogP contribution in [-0.2, 0) is 42.7 Å². The molecule has 1 spiro atoms. The highest BCUT2D eigenvalue weighted by Gasteiger charge is 2.69. The van der Waals surface area contributed by atoms with Crippen LogP contribution in [0.1, 0.15) is 71.6 Å².